The van der Waals surface area contributed by atoms with Crippen LogP contribution in [0.1, 0.15) is 6.92 Å². The van der Waals surface area contributed by atoms with Crippen LogP contribution in [-0.2, 0) is 10.0 Å². The summed E-state index contributed by atoms with van der Waals surface area (Å²) in [6.07, 6.45) is 0. The maximum atomic E-state index is 13.0. The Morgan fingerprint density at radius 2 is 2.06 bits per heavy atom. The molecule has 18 heavy (non-hydrogen) atoms. The molecule has 1 atom stereocenters. The Hall–Kier alpha value is -0.210. The van der Waals surface area contributed by atoms with E-state index in [1.165, 1.54) is 12.1 Å². The SMILES string of the molecule is CNC(C)CNS(=O)(=O)c1cc(F)ccc1Br.Cl. The van der Waals surface area contributed by atoms with Crippen molar-refractivity contribution >= 4 is 38.4 Å². The first kappa shape index (κ1) is 17.8. The predicted octanol–water partition coefficient (Wildman–Crippen LogP) is 1.90. The summed E-state index contributed by atoms with van der Waals surface area (Å²) in [6.45, 7) is 2.07. The molecule has 0 radical (unpaired) electrons. The monoisotopic (exact) mass is 360 g/mol. The van der Waals surface area contributed by atoms with E-state index in [-0.39, 0.29) is 29.9 Å². The van der Waals surface area contributed by atoms with Crippen molar-refractivity contribution < 1.29 is 12.8 Å². The van der Waals surface area contributed by atoms with Crippen LogP contribution in [0.4, 0.5) is 4.39 Å². The molecule has 0 aliphatic heterocycles. The van der Waals surface area contributed by atoms with Crippen LogP contribution in [-0.4, -0.2) is 28.1 Å². The third-order valence-electron chi connectivity index (χ3n) is 2.26. The lowest BCUT2D eigenvalue weighted by atomic mass is 10.3. The van der Waals surface area contributed by atoms with Crippen LogP contribution < -0.4 is 10.0 Å². The van der Waals surface area contributed by atoms with E-state index in [0.717, 1.165) is 6.07 Å². The summed E-state index contributed by atoms with van der Waals surface area (Å²) < 4.78 is 39.5. The van der Waals surface area contributed by atoms with Gasteiger partial charge in [-0.2, -0.15) is 0 Å². The molecule has 0 aliphatic carbocycles. The zero-order chi connectivity index (χ0) is 13.1. The van der Waals surface area contributed by atoms with Crippen LogP contribution in [0.25, 0.3) is 0 Å². The van der Waals surface area contributed by atoms with E-state index >= 15 is 0 Å². The third-order valence-corrected chi connectivity index (χ3v) is 4.67. The minimum absolute atomic E-state index is 0. The van der Waals surface area contributed by atoms with Crippen LogP contribution in [0.15, 0.2) is 27.6 Å². The van der Waals surface area contributed by atoms with Gasteiger partial charge >= 0.3 is 0 Å². The van der Waals surface area contributed by atoms with E-state index in [1.807, 2.05) is 6.92 Å². The molecule has 4 nitrogen and oxygen atoms in total. The van der Waals surface area contributed by atoms with Crippen LogP contribution in [0.3, 0.4) is 0 Å². The molecule has 2 N–H and O–H groups in total. The summed E-state index contributed by atoms with van der Waals surface area (Å²) >= 11 is 3.09. The van der Waals surface area contributed by atoms with E-state index in [1.54, 1.807) is 7.05 Å². The average molecular weight is 362 g/mol. The first-order valence-corrected chi connectivity index (χ1v) is 7.26. The van der Waals surface area contributed by atoms with Crippen molar-refractivity contribution in [3.63, 3.8) is 0 Å². The molecule has 1 aromatic carbocycles. The fourth-order valence-electron chi connectivity index (χ4n) is 1.10. The van der Waals surface area contributed by atoms with Crippen LogP contribution >= 0.6 is 28.3 Å². The van der Waals surface area contributed by atoms with E-state index in [0.29, 0.717) is 4.47 Å². The summed E-state index contributed by atoms with van der Waals surface area (Å²) in [6, 6.07) is 3.54. The molecule has 104 valence electrons. The van der Waals surface area contributed by atoms with E-state index in [4.69, 9.17) is 0 Å². The molecule has 1 rings (SSSR count). The van der Waals surface area contributed by atoms with Gasteiger partial charge in [0.15, 0.2) is 0 Å². The highest BCUT2D eigenvalue weighted by Gasteiger charge is 2.18. The van der Waals surface area contributed by atoms with Gasteiger partial charge in [0.2, 0.25) is 10.0 Å². The van der Waals surface area contributed by atoms with Crippen molar-refractivity contribution in [1.29, 1.82) is 0 Å². The molecule has 0 bridgehead atoms. The van der Waals surface area contributed by atoms with Gasteiger partial charge < -0.3 is 5.32 Å². The molecule has 0 aliphatic rings. The molecule has 8 heteroatoms. The van der Waals surface area contributed by atoms with Gasteiger partial charge in [0.25, 0.3) is 0 Å². The highest BCUT2D eigenvalue weighted by atomic mass is 79.9. The van der Waals surface area contributed by atoms with Crippen LogP contribution in [0, 0.1) is 5.82 Å². The van der Waals surface area contributed by atoms with E-state index < -0.39 is 15.8 Å². The number of hydrogen-bond acceptors (Lipinski definition) is 3. The van der Waals surface area contributed by atoms with Crippen molar-refractivity contribution in [3.8, 4) is 0 Å². The van der Waals surface area contributed by atoms with Gasteiger partial charge in [-0.05, 0) is 48.1 Å². The van der Waals surface area contributed by atoms with Crippen LogP contribution in [0.2, 0.25) is 0 Å². The second kappa shape index (κ2) is 7.40. The third kappa shape index (κ3) is 4.81. The lowest BCUT2D eigenvalue weighted by Gasteiger charge is -2.12. The lowest BCUT2D eigenvalue weighted by molar-refractivity contribution is 0.552. The predicted molar refractivity (Wildman–Crippen MR) is 75.1 cm³/mol. The number of sulfonamides is 1. The van der Waals surface area contributed by atoms with Gasteiger partial charge in [-0.1, -0.05) is 0 Å². The van der Waals surface area contributed by atoms with Crippen molar-refractivity contribution in [2.24, 2.45) is 0 Å². The maximum absolute atomic E-state index is 13.0. The minimum atomic E-state index is -3.70. The summed E-state index contributed by atoms with van der Waals surface area (Å²) in [7, 11) is -1.96. The van der Waals surface area contributed by atoms with Gasteiger partial charge in [0, 0.05) is 17.1 Å². The zero-order valence-electron chi connectivity index (χ0n) is 9.91. The Bertz CT molecular complexity index is 499. The van der Waals surface area contributed by atoms with Gasteiger partial charge in [-0.15, -0.1) is 12.4 Å². The molecule has 0 aromatic heterocycles. The highest BCUT2D eigenvalue weighted by molar-refractivity contribution is 9.10. The largest absolute Gasteiger partial charge is 0.316 e. The lowest BCUT2D eigenvalue weighted by Crippen LogP contribution is -2.37. The van der Waals surface area contributed by atoms with Crippen molar-refractivity contribution in [2.45, 2.75) is 17.9 Å². The molecular formula is C10H15BrClFN2O2S. The fraction of sp³-hybridized carbons (Fsp3) is 0.400. The Morgan fingerprint density at radius 3 is 2.61 bits per heavy atom. The fourth-order valence-corrected chi connectivity index (χ4v) is 3.20. The van der Waals surface area contributed by atoms with Crippen LogP contribution in [0.5, 0.6) is 0 Å². The normalized spacial score (nSPS) is 12.9. The number of nitrogens with one attached hydrogen (secondary N) is 2. The highest BCUT2D eigenvalue weighted by Crippen LogP contribution is 2.22. The van der Waals surface area contributed by atoms with Gasteiger partial charge in [0.1, 0.15) is 5.82 Å². The van der Waals surface area contributed by atoms with Crippen molar-refractivity contribution in [2.75, 3.05) is 13.6 Å². The first-order chi connectivity index (χ1) is 7.86. The van der Waals surface area contributed by atoms with Gasteiger partial charge in [-0.3, -0.25) is 0 Å². The summed E-state index contributed by atoms with van der Waals surface area (Å²) in [5.74, 6) is -0.588. The number of halogens is 3. The molecular weight excluding hydrogens is 347 g/mol. The Balaban J connectivity index is 0.00000289. The topological polar surface area (TPSA) is 58.2 Å². The maximum Gasteiger partial charge on any atom is 0.241 e. The number of likely N-dealkylation sites (N-methyl/N-ethyl adjacent to an activating group) is 1. The summed E-state index contributed by atoms with van der Waals surface area (Å²) in [5, 5.41) is 2.90. The Kier molecular flexibility index (Phi) is 7.31. The first-order valence-electron chi connectivity index (χ1n) is 4.99. The molecule has 0 amide bonds. The molecule has 0 heterocycles. The smallest absolute Gasteiger partial charge is 0.241 e. The molecule has 1 aromatic rings. The number of hydrogen-bond donors (Lipinski definition) is 2. The van der Waals surface area contributed by atoms with Gasteiger partial charge in [0.05, 0.1) is 4.90 Å². The molecule has 0 saturated carbocycles. The van der Waals surface area contributed by atoms with E-state index in [2.05, 4.69) is 26.0 Å². The number of rotatable bonds is 5. The minimum Gasteiger partial charge on any atom is -0.316 e. The molecule has 0 fully saturated rings. The van der Waals surface area contributed by atoms with Crippen molar-refractivity contribution in [1.82, 2.24) is 10.0 Å². The molecule has 1 unspecified atom stereocenters. The summed E-state index contributed by atoms with van der Waals surface area (Å²) in [4.78, 5) is -0.0965. The second-order valence-corrected chi connectivity index (χ2v) is 6.21. The Morgan fingerprint density at radius 1 is 1.44 bits per heavy atom. The zero-order valence-corrected chi connectivity index (χ0v) is 13.1. The molecule has 0 spiro atoms. The summed E-state index contributed by atoms with van der Waals surface area (Å²) in [5.41, 5.74) is 0. The molecule has 0 saturated heterocycles. The van der Waals surface area contributed by atoms with Gasteiger partial charge in [-0.25, -0.2) is 17.5 Å². The number of benzene rings is 1. The van der Waals surface area contributed by atoms with E-state index in [9.17, 15) is 12.8 Å². The second-order valence-electron chi connectivity index (χ2n) is 3.62. The standard InChI is InChI=1S/C10H14BrFN2O2S.ClH/c1-7(13-2)6-14-17(15,16)10-5-8(12)3-4-9(10)11;/h3-5,7,13-14H,6H2,1-2H3;1H. The van der Waals surface area contributed by atoms with Crippen molar-refractivity contribution in [3.05, 3.63) is 28.5 Å². The quantitative estimate of drug-likeness (QED) is 0.842. The average Bonchev–Trinajstić information content (AvgIpc) is 2.29. The Labute approximate surface area is 121 Å².